The Hall–Kier alpha value is -1.18. The van der Waals surface area contributed by atoms with Crippen molar-refractivity contribution in [3.63, 3.8) is 0 Å². The maximum Gasteiger partial charge on any atom is 0.165 e. The molecule has 0 bridgehead atoms. The van der Waals surface area contributed by atoms with Crippen LogP contribution < -0.4 is 9.47 Å². The third-order valence-corrected chi connectivity index (χ3v) is 3.79. The SMILES string of the molecule is C[CH]c1cccc(OC(C)(C)CC)c1OC(C)(C)CC. The van der Waals surface area contributed by atoms with Crippen LogP contribution in [0.1, 0.15) is 66.9 Å². The molecule has 0 aromatic heterocycles. The molecule has 20 heavy (non-hydrogen) atoms. The lowest BCUT2D eigenvalue weighted by Crippen LogP contribution is -2.30. The molecule has 0 saturated heterocycles. The van der Waals surface area contributed by atoms with Crippen molar-refractivity contribution < 1.29 is 9.47 Å². The smallest absolute Gasteiger partial charge is 0.165 e. The predicted molar refractivity (Wildman–Crippen MR) is 85.5 cm³/mol. The number of rotatable bonds is 7. The molecule has 0 aliphatic rings. The van der Waals surface area contributed by atoms with Gasteiger partial charge >= 0.3 is 0 Å². The van der Waals surface area contributed by atoms with Crippen molar-refractivity contribution in [2.24, 2.45) is 0 Å². The monoisotopic (exact) mass is 277 g/mol. The third kappa shape index (κ3) is 4.43. The van der Waals surface area contributed by atoms with E-state index >= 15 is 0 Å². The van der Waals surface area contributed by atoms with Crippen LogP contribution in [0.3, 0.4) is 0 Å². The van der Waals surface area contributed by atoms with E-state index in [1.165, 1.54) is 0 Å². The molecule has 0 amide bonds. The van der Waals surface area contributed by atoms with Crippen molar-refractivity contribution in [2.45, 2.75) is 72.5 Å². The van der Waals surface area contributed by atoms with Crippen molar-refractivity contribution in [3.05, 3.63) is 30.2 Å². The number of para-hydroxylation sites is 1. The molecule has 113 valence electrons. The first-order valence-corrected chi connectivity index (χ1v) is 7.55. The summed E-state index contributed by atoms with van der Waals surface area (Å²) in [6, 6.07) is 6.07. The second kappa shape index (κ2) is 6.51. The molecule has 0 unspecified atom stereocenters. The summed E-state index contributed by atoms with van der Waals surface area (Å²) >= 11 is 0. The Bertz CT molecular complexity index is 433. The zero-order valence-electron chi connectivity index (χ0n) is 14.0. The van der Waals surface area contributed by atoms with Crippen LogP contribution in [0.15, 0.2) is 18.2 Å². The summed E-state index contributed by atoms with van der Waals surface area (Å²) in [4.78, 5) is 0. The van der Waals surface area contributed by atoms with Crippen LogP contribution in [-0.2, 0) is 0 Å². The minimum absolute atomic E-state index is 0.194. The van der Waals surface area contributed by atoms with Gasteiger partial charge in [0.1, 0.15) is 11.2 Å². The van der Waals surface area contributed by atoms with Gasteiger partial charge in [-0.15, -0.1) is 0 Å². The molecule has 1 radical (unpaired) electrons. The minimum Gasteiger partial charge on any atom is -0.484 e. The van der Waals surface area contributed by atoms with E-state index in [1.807, 2.05) is 19.1 Å². The molecule has 0 saturated carbocycles. The van der Waals surface area contributed by atoms with Gasteiger partial charge in [0.25, 0.3) is 0 Å². The molecule has 0 fully saturated rings. The Labute approximate surface area is 124 Å². The van der Waals surface area contributed by atoms with Crippen molar-refractivity contribution in [1.82, 2.24) is 0 Å². The fraction of sp³-hybridized carbons (Fsp3) is 0.611. The lowest BCUT2D eigenvalue weighted by molar-refractivity contribution is 0.0723. The number of hydrogen-bond donors (Lipinski definition) is 0. The Morgan fingerprint density at radius 2 is 1.50 bits per heavy atom. The van der Waals surface area contributed by atoms with E-state index in [9.17, 15) is 0 Å². The van der Waals surface area contributed by atoms with E-state index < -0.39 is 0 Å². The van der Waals surface area contributed by atoms with Crippen LogP contribution >= 0.6 is 0 Å². The molecule has 2 heteroatoms. The highest BCUT2D eigenvalue weighted by Crippen LogP contribution is 2.38. The van der Waals surface area contributed by atoms with Gasteiger partial charge in [-0.25, -0.2) is 0 Å². The van der Waals surface area contributed by atoms with Gasteiger partial charge in [0, 0.05) is 5.56 Å². The summed E-state index contributed by atoms with van der Waals surface area (Å²) in [5.74, 6) is 1.68. The number of ether oxygens (including phenoxy) is 2. The molecular formula is C18H29O2. The highest BCUT2D eigenvalue weighted by molar-refractivity contribution is 5.50. The average molecular weight is 277 g/mol. The summed E-state index contributed by atoms with van der Waals surface area (Å²) in [7, 11) is 0. The Morgan fingerprint density at radius 1 is 0.950 bits per heavy atom. The van der Waals surface area contributed by atoms with E-state index in [0.717, 1.165) is 29.9 Å². The van der Waals surface area contributed by atoms with E-state index in [4.69, 9.17) is 9.47 Å². The highest BCUT2D eigenvalue weighted by atomic mass is 16.5. The van der Waals surface area contributed by atoms with Crippen LogP contribution in [0.25, 0.3) is 0 Å². The van der Waals surface area contributed by atoms with Crippen LogP contribution in [0, 0.1) is 6.42 Å². The first-order chi connectivity index (χ1) is 9.24. The first-order valence-electron chi connectivity index (χ1n) is 7.55. The van der Waals surface area contributed by atoms with E-state index in [2.05, 4.69) is 54.0 Å². The van der Waals surface area contributed by atoms with Crippen LogP contribution in [0.2, 0.25) is 0 Å². The maximum atomic E-state index is 6.24. The fourth-order valence-electron chi connectivity index (χ4n) is 1.67. The van der Waals surface area contributed by atoms with Crippen LogP contribution in [0.4, 0.5) is 0 Å². The van der Waals surface area contributed by atoms with Crippen molar-refractivity contribution >= 4 is 0 Å². The van der Waals surface area contributed by atoms with Gasteiger partial charge in [-0.05, 0) is 53.0 Å². The molecule has 0 heterocycles. The zero-order chi connectivity index (χ0) is 15.4. The normalized spacial score (nSPS) is 12.3. The van der Waals surface area contributed by atoms with Gasteiger partial charge in [0.2, 0.25) is 0 Å². The van der Waals surface area contributed by atoms with Crippen molar-refractivity contribution in [2.75, 3.05) is 0 Å². The Kier molecular flexibility index (Phi) is 5.50. The van der Waals surface area contributed by atoms with Crippen molar-refractivity contribution in [1.29, 1.82) is 0 Å². The summed E-state index contributed by atoms with van der Waals surface area (Å²) in [5, 5.41) is 0. The first kappa shape index (κ1) is 16.9. The summed E-state index contributed by atoms with van der Waals surface area (Å²) < 4.78 is 12.4. The maximum absolute atomic E-state index is 6.24. The number of benzene rings is 1. The molecule has 0 atom stereocenters. The Morgan fingerprint density at radius 3 is 2.00 bits per heavy atom. The average Bonchev–Trinajstić information content (AvgIpc) is 2.40. The van der Waals surface area contributed by atoms with Gasteiger partial charge in [0.15, 0.2) is 11.5 Å². The van der Waals surface area contributed by atoms with E-state index in [1.54, 1.807) is 0 Å². The van der Waals surface area contributed by atoms with E-state index in [-0.39, 0.29) is 11.2 Å². The predicted octanol–water partition coefficient (Wildman–Crippen LogP) is 5.39. The van der Waals surface area contributed by atoms with Gasteiger partial charge in [-0.2, -0.15) is 0 Å². The van der Waals surface area contributed by atoms with Gasteiger partial charge in [-0.1, -0.05) is 32.9 Å². The highest BCUT2D eigenvalue weighted by Gasteiger charge is 2.24. The molecule has 0 aliphatic heterocycles. The minimum atomic E-state index is -0.201. The lowest BCUT2D eigenvalue weighted by Gasteiger charge is -2.31. The molecule has 0 aliphatic carbocycles. The molecule has 0 spiro atoms. The summed E-state index contributed by atoms with van der Waals surface area (Å²) in [5.41, 5.74) is 0.685. The number of hydrogen-bond acceptors (Lipinski definition) is 2. The summed E-state index contributed by atoms with van der Waals surface area (Å²) in [6.07, 6.45) is 3.96. The van der Waals surface area contributed by atoms with Gasteiger partial charge in [0.05, 0.1) is 0 Å². The molecule has 1 aromatic carbocycles. The second-order valence-electron chi connectivity index (χ2n) is 6.39. The zero-order valence-corrected chi connectivity index (χ0v) is 14.0. The Balaban J connectivity index is 3.17. The fourth-order valence-corrected chi connectivity index (χ4v) is 1.67. The molecule has 2 nitrogen and oxygen atoms in total. The van der Waals surface area contributed by atoms with Gasteiger partial charge < -0.3 is 9.47 Å². The molecular weight excluding hydrogens is 248 g/mol. The van der Waals surface area contributed by atoms with E-state index in [0.29, 0.717) is 0 Å². The van der Waals surface area contributed by atoms with Crippen LogP contribution in [-0.4, -0.2) is 11.2 Å². The van der Waals surface area contributed by atoms with Crippen molar-refractivity contribution in [3.8, 4) is 11.5 Å². The quantitative estimate of drug-likeness (QED) is 0.665. The third-order valence-electron chi connectivity index (χ3n) is 3.79. The molecule has 1 aromatic rings. The van der Waals surface area contributed by atoms with Gasteiger partial charge in [-0.3, -0.25) is 0 Å². The molecule has 1 rings (SSSR count). The second-order valence-corrected chi connectivity index (χ2v) is 6.39. The topological polar surface area (TPSA) is 18.5 Å². The summed E-state index contributed by atoms with van der Waals surface area (Å²) in [6.45, 7) is 14.7. The standard InChI is InChI=1S/C18H29O2/c1-8-14-12-11-13-15(19-17(4,5)9-2)16(14)20-18(6,7)10-3/h8,11-13H,9-10H2,1-7H3. The largest absolute Gasteiger partial charge is 0.484 e. The lowest BCUT2D eigenvalue weighted by atomic mass is 10.0. The molecule has 0 N–H and O–H groups in total. The van der Waals surface area contributed by atoms with Crippen LogP contribution in [0.5, 0.6) is 11.5 Å².